The minimum atomic E-state index is -1.05. The Morgan fingerprint density at radius 3 is 2.38 bits per heavy atom. The quantitative estimate of drug-likeness (QED) is 0.233. The number of amides is 1. The van der Waals surface area contributed by atoms with E-state index in [0.717, 1.165) is 0 Å². The van der Waals surface area contributed by atoms with Gasteiger partial charge < -0.3 is 14.9 Å². The number of hydrogen-bond acceptors (Lipinski definition) is 5. The molecule has 1 unspecified atom stereocenters. The van der Waals surface area contributed by atoms with Gasteiger partial charge in [-0.3, -0.25) is 14.5 Å². The second-order valence-electron chi connectivity index (χ2n) is 7.44. The Morgan fingerprint density at radius 2 is 1.71 bits per heavy atom. The summed E-state index contributed by atoms with van der Waals surface area (Å²) in [6, 6.07) is 14.1. The average Bonchev–Trinajstić information content (AvgIpc) is 3.07. The molecule has 0 radical (unpaired) electrons. The number of anilines is 1. The summed E-state index contributed by atoms with van der Waals surface area (Å²) >= 11 is 18.4. The van der Waals surface area contributed by atoms with Crippen molar-refractivity contribution < 1.29 is 24.5 Å². The van der Waals surface area contributed by atoms with Gasteiger partial charge in [-0.2, -0.15) is 0 Å². The number of Topliss-reactive ketones (excluding diaryl/α,β-unsaturated/α-hetero) is 1. The maximum atomic E-state index is 13.2. The summed E-state index contributed by atoms with van der Waals surface area (Å²) in [5.74, 6) is -1.92. The van der Waals surface area contributed by atoms with Crippen molar-refractivity contribution >= 4 is 57.9 Å². The van der Waals surface area contributed by atoms with Gasteiger partial charge in [0.1, 0.15) is 17.3 Å². The number of rotatable bonds is 5. The molecular weight excluding hydrogens is 501 g/mol. The zero-order chi connectivity index (χ0) is 24.6. The first kappa shape index (κ1) is 24.0. The van der Waals surface area contributed by atoms with Gasteiger partial charge in [0.05, 0.1) is 33.3 Å². The lowest BCUT2D eigenvalue weighted by Gasteiger charge is -2.26. The first-order valence-electron chi connectivity index (χ1n) is 10.2. The molecule has 1 fully saturated rings. The Balaban J connectivity index is 1.95. The van der Waals surface area contributed by atoms with Crippen molar-refractivity contribution in [2.45, 2.75) is 13.0 Å². The number of ether oxygens (including phenoxy) is 1. The lowest BCUT2D eigenvalue weighted by Crippen LogP contribution is -2.29. The molecule has 0 saturated carbocycles. The number of aliphatic hydroxyl groups excluding tert-OH is 1. The van der Waals surface area contributed by atoms with E-state index in [9.17, 15) is 19.8 Å². The third kappa shape index (κ3) is 4.32. The normalized spacial score (nSPS) is 17.3. The van der Waals surface area contributed by atoms with Crippen LogP contribution in [0.1, 0.15) is 24.1 Å². The highest BCUT2D eigenvalue weighted by Crippen LogP contribution is 2.44. The second kappa shape index (κ2) is 9.58. The number of hydrogen-bond donors (Lipinski definition) is 2. The molecule has 0 aromatic heterocycles. The molecule has 34 heavy (non-hydrogen) atoms. The number of carbonyl (C=O) groups excluding carboxylic acids is 2. The van der Waals surface area contributed by atoms with Crippen LogP contribution < -0.4 is 9.64 Å². The van der Waals surface area contributed by atoms with Gasteiger partial charge in [0, 0.05) is 11.3 Å². The van der Waals surface area contributed by atoms with Crippen LogP contribution in [0.2, 0.25) is 15.1 Å². The van der Waals surface area contributed by atoms with Crippen molar-refractivity contribution in [3.05, 3.63) is 92.4 Å². The number of carbonyl (C=O) groups is 2. The number of phenols is 1. The fourth-order valence-corrected chi connectivity index (χ4v) is 4.28. The number of aromatic hydroxyl groups is 1. The highest BCUT2D eigenvalue weighted by molar-refractivity contribution is 6.52. The first-order valence-corrected chi connectivity index (χ1v) is 11.3. The van der Waals surface area contributed by atoms with Crippen LogP contribution in [-0.4, -0.2) is 28.5 Å². The van der Waals surface area contributed by atoms with Gasteiger partial charge in [0.25, 0.3) is 11.7 Å². The molecule has 4 rings (SSSR count). The second-order valence-corrected chi connectivity index (χ2v) is 8.66. The number of nitrogens with zero attached hydrogens (tertiary/aromatic N) is 1. The molecule has 1 aliphatic heterocycles. The SMILES string of the molecule is CCOc1cc(/C(O)=C2\C(=O)C(=O)N(c3ccc(Cl)c(Cl)c3)C2c2cccc(O)c2)ccc1Cl. The van der Waals surface area contributed by atoms with Gasteiger partial charge in [-0.25, -0.2) is 0 Å². The largest absolute Gasteiger partial charge is 0.508 e. The van der Waals surface area contributed by atoms with Crippen LogP contribution in [0, 0.1) is 0 Å². The Hall–Kier alpha value is -3.19. The maximum Gasteiger partial charge on any atom is 0.300 e. The zero-order valence-corrected chi connectivity index (χ0v) is 20.0. The Labute approximate surface area is 210 Å². The predicted molar refractivity (Wildman–Crippen MR) is 132 cm³/mol. The predicted octanol–water partition coefficient (Wildman–Crippen LogP) is 6.38. The molecule has 6 nitrogen and oxygen atoms in total. The van der Waals surface area contributed by atoms with Gasteiger partial charge in [-0.1, -0.05) is 46.9 Å². The fraction of sp³-hybridized carbons (Fsp3) is 0.120. The van der Waals surface area contributed by atoms with Crippen molar-refractivity contribution in [2.75, 3.05) is 11.5 Å². The summed E-state index contributed by atoms with van der Waals surface area (Å²) < 4.78 is 5.49. The summed E-state index contributed by atoms with van der Waals surface area (Å²) in [5.41, 5.74) is 0.789. The van der Waals surface area contributed by atoms with Crippen LogP contribution >= 0.6 is 34.8 Å². The number of phenolic OH excluding ortho intramolecular Hbond substituents is 1. The highest BCUT2D eigenvalue weighted by Gasteiger charge is 2.47. The molecule has 0 bridgehead atoms. The third-order valence-electron chi connectivity index (χ3n) is 5.32. The van der Waals surface area contributed by atoms with E-state index in [2.05, 4.69) is 0 Å². The van der Waals surface area contributed by atoms with Crippen molar-refractivity contribution in [3.63, 3.8) is 0 Å². The topological polar surface area (TPSA) is 87.1 Å². The van der Waals surface area contributed by atoms with E-state index < -0.39 is 23.5 Å². The number of aliphatic hydroxyl groups is 1. The fourth-order valence-electron chi connectivity index (χ4n) is 3.82. The molecule has 1 atom stereocenters. The average molecular weight is 519 g/mol. The van der Waals surface area contributed by atoms with E-state index in [4.69, 9.17) is 39.5 Å². The van der Waals surface area contributed by atoms with E-state index >= 15 is 0 Å². The molecule has 3 aromatic rings. The molecule has 174 valence electrons. The molecule has 1 heterocycles. The smallest absolute Gasteiger partial charge is 0.300 e. The van der Waals surface area contributed by atoms with Gasteiger partial charge in [0.15, 0.2) is 0 Å². The molecule has 2 N–H and O–H groups in total. The lowest BCUT2D eigenvalue weighted by atomic mass is 9.95. The van der Waals surface area contributed by atoms with Crippen molar-refractivity contribution in [1.82, 2.24) is 0 Å². The van der Waals surface area contributed by atoms with E-state index in [1.54, 1.807) is 25.1 Å². The summed E-state index contributed by atoms with van der Waals surface area (Å²) in [4.78, 5) is 27.6. The van der Waals surface area contributed by atoms with Crippen LogP contribution in [0.3, 0.4) is 0 Å². The summed E-state index contributed by atoms with van der Waals surface area (Å²) in [6.07, 6.45) is 0. The summed E-state index contributed by atoms with van der Waals surface area (Å²) in [5, 5.41) is 22.1. The Bertz CT molecular complexity index is 1340. The monoisotopic (exact) mass is 517 g/mol. The van der Waals surface area contributed by atoms with Crippen LogP contribution in [-0.2, 0) is 9.59 Å². The molecule has 1 amide bonds. The highest BCUT2D eigenvalue weighted by atomic mass is 35.5. The van der Waals surface area contributed by atoms with Gasteiger partial charge in [-0.15, -0.1) is 0 Å². The number of halogens is 3. The lowest BCUT2D eigenvalue weighted by molar-refractivity contribution is -0.132. The molecule has 3 aromatic carbocycles. The van der Waals surface area contributed by atoms with E-state index in [1.165, 1.54) is 47.4 Å². The molecule has 0 aliphatic carbocycles. The molecule has 0 spiro atoms. The Kier molecular flexibility index (Phi) is 6.75. The van der Waals surface area contributed by atoms with Crippen LogP contribution in [0.5, 0.6) is 11.5 Å². The minimum absolute atomic E-state index is 0.0673. The van der Waals surface area contributed by atoms with Crippen LogP contribution in [0.15, 0.2) is 66.2 Å². The van der Waals surface area contributed by atoms with Gasteiger partial charge in [-0.05, 0) is 61.0 Å². The van der Waals surface area contributed by atoms with Gasteiger partial charge in [0.2, 0.25) is 0 Å². The van der Waals surface area contributed by atoms with Crippen molar-refractivity contribution in [1.29, 1.82) is 0 Å². The summed E-state index contributed by atoms with van der Waals surface area (Å²) in [6.45, 7) is 2.13. The molecular formula is C25H18Cl3NO5. The van der Waals surface area contributed by atoms with Crippen molar-refractivity contribution in [3.8, 4) is 11.5 Å². The molecule has 1 aliphatic rings. The maximum absolute atomic E-state index is 13.2. The van der Waals surface area contributed by atoms with Crippen LogP contribution in [0.4, 0.5) is 5.69 Å². The van der Waals surface area contributed by atoms with Crippen LogP contribution in [0.25, 0.3) is 5.76 Å². The first-order chi connectivity index (χ1) is 16.2. The standard InChI is InChI=1S/C25H18Cl3NO5/c1-2-34-20-11-14(6-8-18(20)27)23(31)21-22(13-4-3-5-16(30)10-13)29(25(33)24(21)32)15-7-9-17(26)19(28)12-15/h3-12,22,30-31H,2H2,1H3/b23-21+. The van der Waals surface area contributed by atoms with E-state index in [-0.39, 0.29) is 26.9 Å². The molecule has 9 heteroatoms. The Morgan fingerprint density at radius 1 is 0.971 bits per heavy atom. The zero-order valence-electron chi connectivity index (χ0n) is 17.8. The minimum Gasteiger partial charge on any atom is -0.508 e. The van der Waals surface area contributed by atoms with E-state index in [0.29, 0.717) is 28.6 Å². The number of ketones is 1. The number of benzene rings is 3. The van der Waals surface area contributed by atoms with Crippen molar-refractivity contribution in [2.24, 2.45) is 0 Å². The summed E-state index contributed by atoms with van der Waals surface area (Å²) in [7, 11) is 0. The third-order valence-corrected chi connectivity index (χ3v) is 6.37. The molecule has 1 saturated heterocycles. The van der Waals surface area contributed by atoms with Gasteiger partial charge >= 0.3 is 0 Å². The van der Waals surface area contributed by atoms with E-state index in [1.807, 2.05) is 0 Å².